The maximum atomic E-state index is 12.2. The molecule has 4 nitrogen and oxygen atoms in total. The molecule has 2 fully saturated rings. The van der Waals surface area contributed by atoms with Crippen LogP contribution in [0.4, 0.5) is 0 Å². The molecule has 0 radical (unpaired) electrons. The van der Waals surface area contributed by atoms with E-state index in [1.165, 1.54) is 0 Å². The fourth-order valence-electron chi connectivity index (χ4n) is 3.33. The summed E-state index contributed by atoms with van der Waals surface area (Å²) in [6.45, 7) is 1.55. The van der Waals surface area contributed by atoms with Crippen LogP contribution in [-0.4, -0.2) is 36.5 Å². The Kier molecular flexibility index (Phi) is 4.29. The van der Waals surface area contributed by atoms with E-state index in [0.717, 1.165) is 25.9 Å². The zero-order valence-electron chi connectivity index (χ0n) is 11.6. The fraction of sp³-hybridized carbons (Fsp3) is 0.533. The standard InChI is InChI=1S/C15H18Cl2N2O2/c16-10-2-4-14(12(17)5-10)21-8-15(20)19-6-9-1-3-13(18)11(9)7-19/h2,4-5,9,11,13H,1,3,6-8,18H2. The fourth-order valence-corrected chi connectivity index (χ4v) is 3.80. The summed E-state index contributed by atoms with van der Waals surface area (Å²) < 4.78 is 5.50. The first-order valence-electron chi connectivity index (χ1n) is 7.16. The van der Waals surface area contributed by atoms with Gasteiger partial charge in [0.1, 0.15) is 5.75 Å². The average Bonchev–Trinajstić information content (AvgIpc) is 3.00. The summed E-state index contributed by atoms with van der Waals surface area (Å²) in [7, 11) is 0. The minimum Gasteiger partial charge on any atom is -0.482 e. The van der Waals surface area contributed by atoms with Crippen molar-refractivity contribution < 1.29 is 9.53 Å². The quantitative estimate of drug-likeness (QED) is 0.927. The Morgan fingerprint density at radius 2 is 2.14 bits per heavy atom. The summed E-state index contributed by atoms with van der Waals surface area (Å²) >= 11 is 11.8. The van der Waals surface area contributed by atoms with Gasteiger partial charge in [-0.1, -0.05) is 23.2 Å². The zero-order chi connectivity index (χ0) is 15.0. The van der Waals surface area contributed by atoms with Crippen LogP contribution in [-0.2, 0) is 4.79 Å². The third kappa shape index (κ3) is 3.12. The molecule has 21 heavy (non-hydrogen) atoms. The van der Waals surface area contributed by atoms with E-state index in [4.69, 9.17) is 33.7 Å². The zero-order valence-corrected chi connectivity index (χ0v) is 13.1. The van der Waals surface area contributed by atoms with Crippen LogP contribution in [0.1, 0.15) is 12.8 Å². The molecule has 2 N–H and O–H groups in total. The van der Waals surface area contributed by atoms with E-state index in [-0.39, 0.29) is 18.6 Å². The number of nitrogens with two attached hydrogens (primary N) is 1. The van der Waals surface area contributed by atoms with Gasteiger partial charge in [0.2, 0.25) is 0 Å². The van der Waals surface area contributed by atoms with E-state index >= 15 is 0 Å². The van der Waals surface area contributed by atoms with Crippen molar-refractivity contribution >= 4 is 29.1 Å². The Morgan fingerprint density at radius 3 is 2.86 bits per heavy atom. The molecule has 1 aliphatic heterocycles. The van der Waals surface area contributed by atoms with Crippen molar-refractivity contribution in [3.63, 3.8) is 0 Å². The van der Waals surface area contributed by atoms with Gasteiger partial charge in [0.05, 0.1) is 5.02 Å². The van der Waals surface area contributed by atoms with Crippen molar-refractivity contribution in [2.24, 2.45) is 17.6 Å². The predicted octanol–water partition coefficient (Wildman–Crippen LogP) is 2.57. The minimum atomic E-state index is -0.0115. The van der Waals surface area contributed by atoms with E-state index in [1.807, 2.05) is 4.90 Å². The van der Waals surface area contributed by atoms with Gasteiger partial charge < -0.3 is 15.4 Å². The molecule has 1 saturated carbocycles. The number of benzene rings is 1. The molecule has 114 valence electrons. The van der Waals surface area contributed by atoms with E-state index < -0.39 is 0 Å². The molecular formula is C15H18Cl2N2O2. The van der Waals surface area contributed by atoms with Crippen LogP contribution in [0.2, 0.25) is 10.0 Å². The summed E-state index contributed by atoms with van der Waals surface area (Å²) in [6, 6.07) is 5.20. The highest BCUT2D eigenvalue weighted by atomic mass is 35.5. The molecule has 1 aromatic rings. The van der Waals surface area contributed by atoms with Gasteiger partial charge in [-0.2, -0.15) is 0 Å². The number of ether oxygens (including phenoxy) is 1. The molecule has 3 atom stereocenters. The lowest BCUT2D eigenvalue weighted by atomic mass is 9.98. The first-order chi connectivity index (χ1) is 10.0. The molecule has 3 unspecified atom stereocenters. The molecular weight excluding hydrogens is 311 g/mol. The smallest absolute Gasteiger partial charge is 0.260 e. The van der Waals surface area contributed by atoms with Crippen LogP contribution in [0.25, 0.3) is 0 Å². The first kappa shape index (κ1) is 14.9. The van der Waals surface area contributed by atoms with Crippen molar-refractivity contribution in [2.75, 3.05) is 19.7 Å². The molecule has 1 heterocycles. The van der Waals surface area contributed by atoms with Crippen molar-refractivity contribution in [2.45, 2.75) is 18.9 Å². The van der Waals surface area contributed by atoms with Gasteiger partial charge in [-0.05, 0) is 42.9 Å². The van der Waals surface area contributed by atoms with Crippen molar-refractivity contribution in [3.8, 4) is 5.75 Å². The summed E-state index contributed by atoms with van der Waals surface area (Å²) in [5.41, 5.74) is 6.08. The second kappa shape index (κ2) is 6.03. The van der Waals surface area contributed by atoms with Crippen LogP contribution in [0, 0.1) is 11.8 Å². The van der Waals surface area contributed by atoms with Crippen LogP contribution in [0.5, 0.6) is 5.75 Å². The molecule has 3 rings (SSSR count). The number of fused-ring (bicyclic) bond motifs is 1. The number of hydrogen-bond donors (Lipinski definition) is 1. The lowest BCUT2D eigenvalue weighted by Gasteiger charge is -2.19. The Morgan fingerprint density at radius 1 is 1.33 bits per heavy atom. The maximum Gasteiger partial charge on any atom is 0.260 e. The Labute approximate surface area is 134 Å². The van der Waals surface area contributed by atoms with E-state index in [9.17, 15) is 4.79 Å². The second-order valence-corrected chi connectivity index (χ2v) is 6.67. The van der Waals surface area contributed by atoms with E-state index in [2.05, 4.69) is 0 Å². The van der Waals surface area contributed by atoms with Gasteiger partial charge in [-0.25, -0.2) is 0 Å². The normalized spacial score (nSPS) is 27.8. The number of hydrogen-bond acceptors (Lipinski definition) is 3. The van der Waals surface area contributed by atoms with E-state index in [0.29, 0.717) is 27.6 Å². The summed E-state index contributed by atoms with van der Waals surface area (Å²) in [5.74, 6) is 1.48. The van der Waals surface area contributed by atoms with Gasteiger partial charge in [0, 0.05) is 24.2 Å². The highest BCUT2D eigenvalue weighted by Gasteiger charge is 2.42. The monoisotopic (exact) mass is 328 g/mol. The summed E-state index contributed by atoms with van der Waals surface area (Å²) in [5, 5.41) is 0.954. The van der Waals surface area contributed by atoms with E-state index in [1.54, 1.807) is 18.2 Å². The lowest BCUT2D eigenvalue weighted by molar-refractivity contribution is -0.132. The van der Waals surface area contributed by atoms with Gasteiger partial charge >= 0.3 is 0 Å². The number of likely N-dealkylation sites (tertiary alicyclic amines) is 1. The van der Waals surface area contributed by atoms with Crippen LogP contribution < -0.4 is 10.5 Å². The molecule has 6 heteroatoms. The van der Waals surface area contributed by atoms with Crippen LogP contribution in [0.15, 0.2) is 18.2 Å². The summed E-state index contributed by atoms with van der Waals surface area (Å²) in [6.07, 6.45) is 2.20. The predicted molar refractivity (Wildman–Crippen MR) is 82.7 cm³/mol. The molecule has 0 spiro atoms. The molecule has 1 aliphatic carbocycles. The highest BCUT2D eigenvalue weighted by Crippen LogP contribution is 2.37. The number of nitrogens with zero attached hydrogens (tertiary/aromatic N) is 1. The average molecular weight is 329 g/mol. The molecule has 1 aromatic carbocycles. The lowest BCUT2D eigenvalue weighted by Crippen LogP contribution is -2.36. The van der Waals surface area contributed by atoms with Gasteiger partial charge in [-0.3, -0.25) is 4.79 Å². The van der Waals surface area contributed by atoms with Crippen molar-refractivity contribution in [1.82, 2.24) is 4.90 Å². The molecule has 1 saturated heterocycles. The largest absolute Gasteiger partial charge is 0.482 e. The second-order valence-electron chi connectivity index (χ2n) is 5.83. The highest BCUT2D eigenvalue weighted by molar-refractivity contribution is 6.35. The van der Waals surface area contributed by atoms with Gasteiger partial charge in [0.25, 0.3) is 5.91 Å². The molecule has 2 aliphatic rings. The summed E-state index contributed by atoms with van der Waals surface area (Å²) in [4.78, 5) is 14.1. The van der Waals surface area contributed by atoms with Gasteiger partial charge in [0.15, 0.2) is 6.61 Å². The molecule has 0 bridgehead atoms. The number of halogens is 2. The topological polar surface area (TPSA) is 55.6 Å². The SMILES string of the molecule is NC1CCC2CN(C(=O)COc3ccc(Cl)cc3Cl)CC12. The number of amides is 1. The Bertz CT molecular complexity index is 552. The molecule has 0 aromatic heterocycles. The number of carbonyl (C=O) groups is 1. The molecule has 1 amide bonds. The Balaban J connectivity index is 1.55. The third-order valence-electron chi connectivity index (χ3n) is 4.51. The van der Waals surface area contributed by atoms with Crippen LogP contribution >= 0.6 is 23.2 Å². The third-order valence-corrected chi connectivity index (χ3v) is 5.04. The number of carbonyl (C=O) groups excluding carboxylic acids is 1. The maximum absolute atomic E-state index is 12.2. The van der Waals surface area contributed by atoms with Crippen molar-refractivity contribution in [1.29, 1.82) is 0 Å². The first-order valence-corrected chi connectivity index (χ1v) is 7.91. The number of rotatable bonds is 3. The van der Waals surface area contributed by atoms with Crippen molar-refractivity contribution in [3.05, 3.63) is 28.2 Å². The van der Waals surface area contributed by atoms with Crippen LogP contribution in [0.3, 0.4) is 0 Å². The van der Waals surface area contributed by atoms with Gasteiger partial charge in [-0.15, -0.1) is 0 Å². The minimum absolute atomic E-state index is 0.00394. The Hall–Kier alpha value is -0.970.